The SMILES string of the molecule is C[C@H](OC(=O)c1ccc2nc(N)sc2c1)C(=O)N1CCCCCC1. The van der Waals surface area contributed by atoms with Crippen molar-refractivity contribution in [2.75, 3.05) is 18.8 Å². The Balaban J connectivity index is 1.66. The number of esters is 1. The van der Waals surface area contributed by atoms with Crippen molar-refractivity contribution in [3.8, 4) is 0 Å². The van der Waals surface area contributed by atoms with Gasteiger partial charge in [-0.2, -0.15) is 0 Å². The van der Waals surface area contributed by atoms with Crippen LogP contribution in [-0.4, -0.2) is 41.0 Å². The Labute approximate surface area is 144 Å². The number of carbonyl (C=O) groups is 2. The standard InChI is InChI=1S/C17H21N3O3S/c1-11(15(21)20-8-4-2-3-5-9-20)23-16(22)12-6-7-13-14(10-12)24-17(18)19-13/h6-7,10-11H,2-5,8-9H2,1H3,(H2,18,19)/t11-/m0/s1. The van der Waals surface area contributed by atoms with Gasteiger partial charge in [-0.3, -0.25) is 4.79 Å². The minimum atomic E-state index is -0.780. The number of nitrogens with two attached hydrogens (primary N) is 1. The Morgan fingerprint density at radius 1 is 1.25 bits per heavy atom. The Kier molecular flexibility index (Phi) is 4.99. The summed E-state index contributed by atoms with van der Waals surface area (Å²) in [7, 11) is 0. The normalized spacial score (nSPS) is 16.6. The molecule has 0 radical (unpaired) electrons. The molecule has 0 unspecified atom stereocenters. The highest BCUT2D eigenvalue weighted by Gasteiger charge is 2.25. The molecule has 1 aromatic carbocycles. The van der Waals surface area contributed by atoms with E-state index in [1.54, 1.807) is 30.0 Å². The predicted molar refractivity (Wildman–Crippen MR) is 94.0 cm³/mol. The van der Waals surface area contributed by atoms with Crippen molar-refractivity contribution in [1.82, 2.24) is 9.88 Å². The summed E-state index contributed by atoms with van der Waals surface area (Å²) in [5.74, 6) is -0.618. The van der Waals surface area contributed by atoms with E-state index in [4.69, 9.17) is 10.5 Å². The zero-order valence-corrected chi connectivity index (χ0v) is 14.5. The number of nitrogen functional groups attached to an aromatic ring is 1. The molecule has 1 aliphatic rings. The Hall–Kier alpha value is -2.15. The number of thiazole rings is 1. The Bertz CT molecular complexity index is 751. The first-order valence-corrected chi connectivity index (χ1v) is 9.02. The van der Waals surface area contributed by atoms with Crippen LogP contribution in [-0.2, 0) is 9.53 Å². The fourth-order valence-corrected chi connectivity index (χ4v) is 3.67. The largest absolute Gasteiger partial charge is 0.449 e. The summed E-state index contributed by atoms with van der Waals surface area (Å²) >= 11 is 1.32. The van der Waals surface area contributed by atoms with Crippen LogP contribution in [0.5, 0.6) is 0 Å². The van der Waals surface area contributed by atoms with Crippen molar-refractivity contribution in [3.63, 3.8) is 0 Å². The summed E-state index contributed by atoms with van der Waals surface area (Å²) in [4.78, 5) is 30.7. The smallest absolute Gasteiger partial charge is 0.338 e. The van der Waals surface area contributed by atoms with Crippen molar-refractivity contribution < 1.29 is 14.3 Å². The quantitative estimate of drug-likeness (QED) is 0.863. The molecule has 1 aromatic heterocycles. The molecular formula is C17H21N3O3S. The molecule has 1 saturated heterocycles. The first-order valence-electron chi connectivity index (χ1n) is 8.20. The van der Waals surface area contributed by atoms with Gasteiger partial charge in [0.15, 0.2) is 11.2 Å². The molecule has 0 aliphatic carbocycles. The lowest BCUT2D eigenvalue weighted by Gasteiger charge is -2.24. The predicted octanol–water partition coefficient (Wildman–Crippen LogP) is 2.83. The van der Waals surface area contributed by atoms with Gasteiger partial charge in [-0.25, -0.2) is 9.78 Å². The molecule has 24 heavy (non-hydrogen) atoms. The molecule has 2 heterocycles. The van der Waals surface area contributed by atoms with Crippen LogP contribution in [0, 0.1) is 0 Å². The molecule has 2 aromatic rings. The molecule has 128 valence electrons. The molecule has 2 N–H and O–H groups in total. The molecule has 1 fully saturated rings. The zero-order chi connectivity index (χ0) is 17.1. The van der Waals surface area contributed by atoms with Crippen LogP contribution in [0.4, 0.5) is 5.13 Å². The molecule has 0 spiro atoms. The van der Waals surface area contributed by atoms with Crippen LogP contribution in [0.25, 0.3) is 10.2 Å². The van der Waals surface area contributed by atoms with Crippen molar-refractivity contribution >= 4 is 38.6 Å². The third-order valence-electron chi connectivity index (χ3n) is 4.19. The van der Waals surface area contributed by atoms with Gasteiger partial charge in [0.05, 0.1) is 15.8 Å². The maximum absolute atomic E-state index is 12.5. The van der Waals surface area contributed by atoms with Crippen molar-refractivity contribution in [2.24, 2.45) is 0 Å². The average Bonchev–Trinajstić information content (AvgIpc) is 2.75. The molecule has 0 saturated carbocycles. The van der Waals surface area contributed by atoms with Crippen molar-refractivity contribution in [2.45, 2.75) is 38.7 Å². The van der Waals surface area contributed by atoms with E-state index in [0.717, 1.165) is 49.0 Å². The van der Waals surface area contributed by atoms with E-state index in [9.17, 15) is 9.59 Å². The molecular weight excluding hydrogens is 326 g/mol. The van der Waals surface area contributed by atoms with E-state index in [2.05, 4.69) is 4.98 Å². The van der Waals surface area contributed by atoms with Gasteiger partial charge >= 0.3 is 5.97 Å². The van der Waals surface area contributed by atoms with E-state index in [1.807, 2.05) is 0 Å². The lowest BCUT2D eigenvalue weighted by atomic mass is 10.2. The number of carbonyl (C=O) groups excluding carboxylic acids is 2. The zero-order valence-electron chi connectivity index (χ0n) is 13.7. The van der Waals surface area contributed by atoms with E-state index >= 15 is 0 Å². The molecule has 1 amide bonds. The monoisotopic (exact) mass is 347 g/mol. The van der Waals surface area contributed by atoms with Gasteiger partial charge in [0.1, 0.15) is 0 Å². The van der Waals surface area contributed by atoms with Crippen LogP contribution < -0.4 is 5.73 Å². The number of amides is 1. The number of anilines is 1. The fourth-order valence-electron chi connectivity index (χ4n) is 2.90. The number of benzene rings is 1. The van der Waals surface area contributed by atoms with Gasteiger partial charge < -0.3 is 15.4 Å². The lowest BCUT2D eigenvalue weighted by molar-refractivity contribution is -0.139. The van der Waals surface area contributed by atoms with Crippen LogP contribution in [0.1, 0.15) is 43.0 Å². The number of fused-ring (bicyclic) bond motifs is 1. The van der Waals surface area contributed by atoms with Crippen molar-refractivity contribution in [1.29, 1.82) is 0 Å². The molecule has 7 heteroatoms. The van der Waals surface area contributed by atoms with Gasteiger partial charge in [0.2, 0.25) is 0 Å². The van der Waals surface area contributed by atoms with E-state index in [1.165, 1.54) is 11.3 Å². The number of nitrogens with zero attached hydrogens (tertiary/aromatic N) is 2. The summed E-state index contributed by atoms with van der Waals surface area (Å²) in [6.07, 6.45) is 3.54. The summed E-state index contributed by atoms with van der Waals surface area (Å²) in [5.41, 5.74) is 6.83. The van der Waals surface area contributed by atoms with Crippen molar-refractivity contribution in [3.05, 3.63) is 23.8 Å². The van der Waals surface area contributed by atoms with E-state index in [-0.39, 0.29) is 5.91 Å². The first kappa shape index (κ1) is 16.7. The molecule has 0 bridgehead atoms. The molecule has 1 aliphatic heterocycles. The van der Waals surface area contributed by atoms with Gasteiger partial charge in [0, 0.05) is 13.1 Å². The maximum atomic E-state index is 12.5. The number of rotatable bonds is 3. The second kappa shape index (κ2) is 7.17. The van der Waals surface area contributed by atoms with Crippen LogP contribution in [0.3, 0.4) is 0 Å². The highest BCUT2D eigenvalue weighted by molar-refractivity contribution is 7.22. The topological polar surface area (TPSA) is 85.5 Å². The fraction of sp³-hybridized carbons (Fsp3) is 0.471. The van der Waals surface area contributed by atoms with Gasteiger partial charge in [0.25, 0.3) is 5.91 Å². The Morgan fingerprint density at radius 2 is 1.96 bits per heavy atom. The molecule has 3 rings (SSSR count). The van der Waals surface area contributed by atoms with Crippen LogP contribution >= 0.6 is 11.3 Å². The third kappa shape index (κ3) is 3.67. The minimum Gasteiger partial charge on any atom is -0.449 e. The van der Waals surface area contributed by atoms with Gasteiger partial charge in [-0.15, -0.1) is 0 Å². The lowest BCUT2D eigenvalue weighted by Crippen LogP contribution is -2.40. The third-order valence-corrected chi connectivity index (χ3v) is 5.04. The number of hydrogen-bond donors (Lipinski definition) is 1. The Morgan fingerprint density at radius 3 is 2.67 bits per heavy atom. The number of ether oxygens (including phenoxy) is 1. The summed E-state index contributed by atoms with van der Waals surface area (Å²) in [5, 5.41) is 0.459. The maximum Gasteiger partial charge on any atom is 0.338 e. The average molecular weight is 347 g/mol. The second-order valence-corrected chi connectivity index (χ2v) is 7.08. The number of hydrogen-bond acceptors (Lipinski definition) is 6. The highest BCUT2D eigenvalue weighted by Crippen LogP contribution is 2.25. The van der Waals surface area contributed by atoms with Gasteiger partial charge in [-0.05, 0) is 38.0 Å². The first-order chi connectivity index (χ1) is 11.5. The summed E-state index contributed by atoms with van der Waals surface area (Å²) in [6, 6.07) is 5.09. The summed E-state index contributed by atoms with van der Waals surface area (Å²) < 4.78 is 6.20. The van der Waals surface area contributed by atoms with E-state index in [0.29, 0.717) is 10.7 Å². The second-order valence-electron chi connectivity index (χ2n) is 6.02. The minimum absolute atomic E-state index is 0.117. The highest BCUT2D eigenvalue weighted by atomic mass is 32.1. The molecule has 1 atom stereocenters. The number of aromatic nitrogens is 1. The van der Waals surface area contributed by atoms with E-state index < -0.39 is 12.1 Å². The van der Waals surface area contributed by atoms with Crippen LogP contribution in [0.15, 0.2) is 18.2 Å². The molecule has 6 nitrogen and oxygen atoms in total. The number of likely N-dealkylation sites (tertiary alicyclic amines) is 1. The summed E-state index contributed by atoms with van der Waals surface area (Å²) in [6.45, 7) is 3.12. The van der Waals surface area contributed by atoms with Gasteiger partial charge in [-0.1, -0.05) is 24.2 Å². The van der Waals surface area contributed by atoms with Crippen LogP contribution in [0.2, 0.25) is 0 Å².